The van der Waals surface area contributed by atoms with Crippen molar-refractivity contribution in [2.24, 2.45) is 0 Å². The van der Waals surface area contributed by atoms with E-state index < -0.39 is 17.6 Å². The Morgan fingerprint density at radius 2 is 1.78 bits per heavy atom. The van der Waals surface area contributed by atoms with Gasteiger partial charge in [0.15, 0.2) is 11.6 Å². The molecule has 192 valence electrons. The third-order valence-corrected chi connectivity index (χ3v) is 6.22. The van der Waals surface area contributed by atoms with Crippen molar-refractivity contribution >= 4 is 11.7 Å². The van der Waals surface area contributed by atoms with Gasteiger partial charge in [-0.05, 0) is 72.0 Å². The number of hydrogen-bond acceptors (Lipinski definition) is 4. The first-order chi connectivity index (χ1) is 17.7. The molecule has 6 nitrogen and oxygen atoms in total. The average Bonchev–Trinajstić information content (AvgIpc) is 3.26. The van der Waals surface area contributed by atoms with Crippen molar-refractivity contribution in [1.29, 1.82) is 0 Å². The smallest absolute Gasteiger partial charge is 0.335 e. The Morgan fingerprint density at radius 3 is 2.43 bits per heavy atom. The molecule has 0 atom stereocenters. The lowest BCUT2D eigenvalue weighted by Gasteiger charge is -2.22. The molecule has 0 radical (unpaired) electrons. The van der Waals surface area contributed by atoms with Gasteiger partial charge in [-0.15, -0.1) is 0 Å². The summed E-state index contributed by atoms with van der Waals surface area (Å²) in [6.07, 6.45) is 1.62. The highest BCUT2D eigenvalue weighted by Gasteiger charge is 2.20. The zero-order valence-corrected chi connectivity index (χ0v) is 21.2. The molecule has 0 saturated heterocycles. The standard InChI is InChI=1S/C29H29F2N3O3/c1-18(2)23-15-32-34(28-24(30)9-6-10-25(28)31)27(23)17-37-22-11-12-26(19(3)13-22)33(4)16-20-7-5-8-21(14-20)29(35)36/h5-15,18H,16-17H2,1-4H3,(H,35,36). The summed E-state index contributed by atoms with van der Waals surface area (Å²) in [5.74, 6) is -1.66. The molecule has 0 fully saturated rings. The van der Waals surface area contributed by atoms with Crippen LogP contribution in [0.25, 0.3) is 5.69 Å². The molecule has 3 aromatic carbocycles. The van der Waals surface area contributed by atoms with Crippen molar-refractivity contribution in [2.45, 2.75) is 39.8 Å². The highest BCUT2D eigenvalue weighted by atomic mass is 19.1. The first-order valence-corrected chi connectivity index (χ1v) is 11.9. The van der Waals surface area contributed by atoms with Crippen molar-refractivity contribution in [3.8, 4) is 11.4 Å². The van der Waals surface area contributed by atoms with Gasteiger partial charge in [0.05, 0.1) is 17.5 Å². The van der Waals surface area contributed by atoms with E-state index in [1.54, 1.807) is 24.4 Å². The van der Waals surface area contributed by atoms with Crippen molar-refractivity contribution in [1.82, 2.24) is 9.78 Å². The first kappa shape index (κ1) is 25.9. The van der Waals surface area contributed by atoms with Crippen LogP contribution in [0.15, 0.2) is 66.9 Å². The SMILES string of the molecule is Cc1cc(OCc2c(C(C)C)cnn2-c2c(F)cccc2F)ccc1N(C)Cc1cccc(C(=O)O)c1. The number of para-hydroxylation sites is 1. The fourth-order valence-corrected chi connectivity index (χ4v) is 4.36. The summed E-state index contributed by atoms with van der Waals surface area (Å²) in [5.41, 5.74) is 4.27. The van der Waals surface area contributed by atoms with Gasteiger partial charge in [0.2, 0.25) is 0 Å². The van der Waals surface area contributed by atoms with Crippen molar-refractivity contribution < 1.29 is 23.4 Å². The Balaban J connectivity index is 1.54. The van der Waals surface area contributed by atoms with Gasteiger partial charge in [-0.1, -0.05) is 32.0 Å². The predicted octanol–water partition coefficient (Wildman–Crippen LogP) is 6.50. The molecule has 0 aliphatic rings. The molecule has 1 heterocycles. The molecule has 0 aliphatic heterocycles. The van der Waals surface area contributed by atoms with E-state index in [0.29, 0.717) is 18.0 Å². The summed E-state index contributed by atoms with van der Waals surface area (Å²) in [6.45, 7) is 6.56. The van der Waals surface area contributed by atoms with Crippen LogP contribution in [0.3, 0.4) is 0 Å². The lowest BCUT2D eigenvalue weighted by atomic mass is 10.0. The van der Waals surface area contributed by atoms with Crippen LogP contribution in [0.5, 0.6) is 5.75 Å². The zero-order chi connectivity index (χ0) is 26.7. The monoisotopic (exact) mass is 505 g/mol. The number of rotatable bonds is 9. The maximum absolute atomic E-state index is 14.5. The number of hydrogen-bond donors (Lipinski definition) is 1. The van der Waals surface area contributed by atoms with Crippen LogP contribution < -0.4 is 9.64 Å². The van der Waals surface area contributed by atoms with Gasteiger partial charge in [-0.3, -0.25) is 0 Å². The van der Waals surface area contributed by atoms with Crippen LogP contribution in [-0.4, -0.2) is 27.9 Å². The number of halogens is 2. The Morgan fingerprint density at radius 1 is 1.08 bits per heavy atom. The van der Waals surface area contributed by atoms with Gasteiger partial charge >= 0.3 is 5.97 Å². The lowest BCUT2D eigenvalue weighted by Crippen LogP contribution is -2.17. The molecular formula is C29H29F2N3O3. The van der Waals surface area contributed by atoms with Crippen LogP contribution >= 0.6 is 0 Å². The van der Waals surface area contributed by atoms with E-state index >= 15 is 0 Å². The Bertz CT molecular complexity index is 1410. The topological polar surface area (TPSA) is 67.6 Å². The minimum absolute atomic E-state index is 0.0812. The minimum Gasteiger partial charge on any atom is -0.487 e. The second-order valence-corrected chi connectivity index (χ2v) is 9.28. The summed E-state index contributed by atoms with van der Waals surface area (Å²) in [7, 11) is 1.94. The number of aryl methyl sites for hydroxylation is 1. The largest absolute Gasteiger partial charge is 0.487 e. The molecule has 0 aliphatic carbocycles. The Hall–Kier alpha value is -4.20. The van der Waals surface area contributed by atoms with E-state index in [4.69, 9.17) is 4.74 Å². The second-order valence-electron chi connectivity index (χ2n) is 9.28. The molecule has 4 rings (SSSR count). The third kappa shape index (κ3) is 5.63. The number of nitrogens with zero attached hydrogens (tertiary/aromatic N) is 3. The maximum Gasteiger partial charge on any atom is 0.335 e. The van der Waals surface area contributed by atoms with Gasteiger partial charge < -0.3 is 14.7 Å². The highest BCUT2D eigenvalue weighted by molar-refractivity contribution is 5.87. The Labute approximate surface area is 214 Å². The molecule has 0 unspecified atom stereocenters. The molecule has 8 heteroatoms. The van der Waals surface area contributed by atoms with Crippen LogP contribution in [0.2, 0.25) is 0 Å². The van der Waals surface area contributed by atoms with Crippen molar-refractivity contribution in [2.75, 3.05) is 11.9 Å². The van der Waals surface area contributed by atoms with Gasteiger partial charge in [0.1, 0.15) is 18.0 Å². The number of aromatic nitrogens is 2. The predicted molar refractivity (Wildman–Crippen MR) is 139 cm³/mol. The molecular weight excluding hydrogens is 476 g/mol. The van der Waals surface area contributed by atoms with Gasteiger partial charge in [-0.2, -0.15) is 5.10 Å². The van der Waals surface area contributed by atoms with E-state index in [-0.39, 0.29) is 23.8 Å². The van der Waals surface area contributed by atoms with Gasteiger partial charge in [0.25, 0.3) is 0 Å². The fraction of sp³-hybridized carbons (Fsp3) is 0.241. The minimum atomic E-state index is -0.957. The number of ether oxygens (including phenoxy) is 1. The molecule has 1 N–H and O–H groups in total. The number of carbonyl (C=O) groups is 1. The number of benzene rings is 3. The highest BCUT2D eigenvalue weighted by Crippen LogP contribution is 2.29. The third-order valence-electron chi connectivity index (χ3n) is 6.22. The molecule has 4 aromatic rings. The van der Waals surface area contributed by atoms with E-state index in [1.165, 1.54) is 22.9 Å². The summed E-state index contributed by atoms with van der Waals surface area (Å²) in [5, 5.41) is 13.5. The number of aromatic carboxylic acids is 1. The van der Waals surface area contributed by atoms with Crippen LogP contribution in [-0.2, 0) is 13.2 Å². The maximum atomic E-state index is 14.5. The molecule has 0 saturated carbocycles. The van der Waals surface area contributed by atoms with Crippen LogP contribution in [0.4, 0.5) is 14.5 Å². The van der Waals surface area contributed by atoms with E-state index in [9.17, 15) is 18.7 Å². The number of carboxylic acid groups (broad SMARTS) is 1. The quantitative estimate of drug-likeness (QED) is 0.281. The summed E-state index contributed by atoms with van der Waals surface area (Å²) in [4.78, 5) is 13.3. The van der Waals surface area contributed by atoms with Gasteiger partial charge in [-0.25, -0.2) is 18.3 Å². The van der Waals surface area contributed by atoms with E-state index in [0.717, 1.165) is 22.4 Å². The summed E-state index contributed by atoms with van der Waals surface area (Å²) < 4.78 is 36.4. The van der Waals surface area contributed by atoms with Crippen LogP contribution in [0, 0.1) is 18.6 Å². The number of carboxylic acids is 1. The van der Waals surface area contributed by atoms with E-state index in [2.05, 4.69) is 5.10 Å². The summed E-state index contributed by atoms with van der Waals surface area (Å²) in [6, 6.07) is 16.3. The normalized spacial score (nSPS) is 11.1. The molecule has 0 amide bonds. The van der Waals surface area contributed by atoms with Crippen molar-refractivity contribution in [3.63, 3.8) is 0 Å². The summed E-state index contributed by atoms with van der Waals surface area (Å²) >= 11 is 0. The molecule has 0 bridgehead atoms. The molecule has 37 heavy (non-hydrogen) atoms. The molecule has 1 aromatic heterocycles. The van der Waals surface area contributed by atoms with Crippen LogP contribution in [0.1, 0.15) is 52.5 Å². The van der Waals surface area contributed by atoms with Gasteiger partial charge in [0, 0.05) is 19.3 Å². The first-order valence-electron chi connectivity index (χ1n) is 11.9. The van der Waals surface area contributed by atoms with Crippen molar-refractivity contribution in [3.05, 3.63) is 106 Å². The second kappa shape index (κ2) is 10.8. The number of anilines is 1. The van der Waals surface area contributed by atoms with E-state index in [1.807, 2.05) is 57.0 Å². The fourth-order valence-electron chi connectivity index (χ4n) is 4.36. The molecule has 0 spiro atoms. The lowest BCUT2D eigenvalue weighted by molar-refractivity contribution is 0.0696. The Kier molecular flexibility index (Phi) is 7.57. The average molecular weight is 506 g/mol. The zero-order valence-electron chi connectivity index (χ0n) is 21.2.